The van der Waals surface area contributed by atoms with Crippen LogP contribution in [0.1, 0.15) is 56.5 Å². The average Bonchev–Trinajstić information content (AvgIpc) is 2.68. The quantitative estimate of drug-likeness (QED) is 0.516. The third-order valence-electron chi connectivity index (χ3n) is 4.80. The van der Waals surface area contributed by atoms with Crippen molar-refractivity contribution >= 4 is 33.7 Å². The van der Waals surface area contributed by atoms with E-state index in [4.69, 9.17) is 15.2 Å². The Morgan fingerprint density at radius 1 is 1.18 bits per heavy atom. The van der Waals surface area contributed by atoms with E-state index in [1.54, 1.807) is 39.5 Å². The van der Waals surface area contributed by atoms with E-state index in [-0.39, 0.29) is 35.8 Å². The maximum atomic E-state index is 12.3. The lowest BCUT2D eigenvalue weighted by Crippen LogP contribution is -2.44. The van der Waals surface area contributed by atoms with Crippen molar-refractivity contribution in [2.75, 3.05) is 30.2 Å². The van der Waals surface area contributed by atoms with Gasteiger partial charge in [-0.3, -0.25) is 14.3 Å². The van der Waals surface area contributed by atoms with Crippen LogP contribution in [0.3, 0.4) is 0 Å². The van der Waals surface area contributed by atoms with Crippen LogP contribution in [0.15, 0.2) is 12.1 Å². The molecule has 0 bridgehead atoms. The molecule has 1 aromatic carbocycles. The van der Waals surface area contributed by atoms with Crippen molar-refractivity contribution in [2.24, 2.45) is 5.73 Å². The summed E-state index contributed by atoms with van der Waals surface area (Å²) in [7, 11) is -4.05. The van der Waals surface area contributed by atoms with Crippen LogP contribution in [0.25, 0.3) is 0 Å². The predicted octanol–water partition coefficient (Wildman–Crippen LogP) is 2.18. The molecule has 0 spiro atoms. The molecule has 34 heavy (non-hydrogen) atoms. The maximum absolute atomic E-state index is 12.3. The number of aryl methyl sites for hydroxylation is 1. The molecule has 1 aliphatic heterocycles. The summed E-state index contributed by atoms with van der Waals surface area (Å²) < 4.78 is 42.9. The van der Waals surface area contributed by atoms with E-state index in [0.29, 0.717) is 31.5 Å². The second-order valence-corrected chi connectivity index (χ2v) is 10.7. The first kappa shape index (κ1) is 27.2. The molecule has 0 aromatic heterocycles. The minimum atomic E-state index is -4.05. The Labute approximate surface area is 200 Å². The molecule has 1 aliphatic rings. The number of benzene rings is 1. The van der Waals surface area contributed by atoms with E-state index < -0.39 is 33.3 Å². The Balaban J connectivity index is 2.12. The summed E-state index contributed by atoms with van der Waals surface area (Å²) in [6.07, 6.45) is 0.372. The van der Waals surface area contributed by atoms with Crippen LogP contribution < -0.4 is 15.2 Å². The zero-order valence-corrected chi connectivity index (χ0v) is 21.0. The van der Waals surface area contributed by atoms with Crippen LogP contribution >= 0.6 is 0 Å². The first-order valence-electron chi connectivity index (χ1n) is 11.0. The second-order valence-electron chi connectivity index (χ2n) is 8.98. The first-order valence-corrected chi connectivity index (χ1v) is 12.6. The van der Waals surface area contributed by atoms with Crippen LogP contribution in [-0.4, -0.2) is 68.4 Å². The second kappa shape index (κ2) is 10.9. The van der Waals surface area contributed by atoms with Gasteiger partial charge in [0.25, 0.3) is 5.91 Å². The zero-order valence-electron chi connectivity index (χ0n) is 20.2. The lowest BCUT2D eigenvalue weighted by atomic mass is 10.1. The van der Waals surface area contributed by atoms with Gasteiger partial charge in [0.2, 0.25) is 10.0 Å². The van der Waals surface area contributed by atoms with Gasteiger partial charge in [-0.25, -0.2) is 13.2 Å². The molecule has 1 saturated heterocycles. The van der Waals surface area contributed by atoms with E-state index >= 15 is 0 Å². The molecule has 0 aliphatic carbocycles. The van der Waals surface area contributed by atoms with Gasteiger partial charge in [0, 0.05) is 31.6 Å². The zero-order chi connectivity index (χ0) is 25.7. The number of nitrogens with zero attached hydrogens (tertiary/aromatic N) is 1. The fraction of sp³-hybridized carbons (Fsp3) is 0.591. The minimum Gasteiger partial charge on any atom is -0.489 e. The van der Waals surface area contributed by atoms with Gasteiger partial charge in [0.05, 0.1) is 12.2 Å². The number of carbonyl (C=O) groups is 3. The van der Waals surface area contributed by atoms with Crippen LogP contribution in [-0.2, 0) is 24.3 Å². The number of hydrogen-bond acceptors (Lipinski definition) is 8. The summed E-state index contributed by atoms with van der Waals surface area (Å²) in [5.74, 6) is -2.30. The highest BCUT2D eigenvalue weighted by atomic mass is 32.2. The summed E-state index contributed by atoms with van der Waals surface area (Å²) >= 11 is 0. The molecule has 2 rings (SSSR count). The number of piperidine rings is 1. The number of rotatable bonds is 8. The van der Waals surface area contributed by atoms with E-state index in [1.165, 1.54) is 12.1 Å². The number of anilines is 1. The van der Waals surface area contributed by atoms with Gasteiger partial charge in [-0.1, -0.05) is 0 Å². The maximum Gasteiger partial charge on any atom is 0.410 e. The SMILES string of the molecule is CCOC(=O)CS(=O)(=O)Nc1cc(C)c(OC2CCN(C(=O)OC(C)(C)C)CC2)c(C(N)=O)c1. The number of hydrogen-bond donors (Lipinski definition) is 2. The fourth-order valence-electron chi connectivity index (χ4n) is 3.40. The van der Waals surface area contributed by atoms with Gasteiger partial charge in [-0.2, -0.15) is 0 Å². The molecule has 1 heterocycles. The number of carbonyl (C=O) groups excluding carboxylic acids is 3. The monoisotopic (exact) mass is 499 g/mol. The number of sulfonamides is 1. The number of nitrogens with one attached hydrogen (secondary N) is 1. The number of esters is 1. The van der Waals surface area contributed by atoms with Crippen LogP contribution in [0, 0.1) is 6.92 Å². The van der Waals surface area contributed by atoms with E-state index in [2.05, 4.69) is 9.46 Å². The molecular weight excluding hydrogens is 466 g/mol. The van der Waals surface area contributed by atoms with Crippen LogP contribution in [0.2, 0.25) is 0 Å². The largest absolute Gasteiger partial charge is 0.489 e. The molecular formula is C22H33N3O8S. The number of primary amides is 1. The number of likely N-dealkylation sites (tertiary alicyclic amines) is 1. The average molecular weight is 500 g/mol. The van der Waals surface area contributed by atoms with Crippen molar-refractivity contribution in [3.8, 4) is 5.75 Å². The van der Waals surface area contributed by atoms with E-state index in [1.807, 2.05) is 0 Å². The molecule has 0 atom stereocenters. The molecule has 11 nitrogen and oxygen atoms in total. The molecule has 0 saturated carbocycles. The van der Waals surface area contributed by atoms with E-state index in [9.17, 15) is 22.8 Å². The lowest BCUT2D eigenvalue weighted by Gasteiger charge is -2.34. The van der Waals surface area contributed by atoms with Gasteiger partial charge in [0.1, 0.15) is 17.5 Å². The van der Waals surface area contributed by atoms with Gasteiger partial charge in [0.15, 0.2) is 5.75 Å². The number of amides is 2. The highest BCUT2D eigenvalue weighted by Gasteiger charge is 2.29. The molecule has 12 heteroatoms. The van der Waals surface area contributed by atoms with Gasteiger partial charge in [-0.05, 0) is 52.3 Å². The summed E-state index contributed by atoms with van der Waals surface area (Å²) in [5.41, 5.74) is 5.50. The minimum absolute atomic E-state index is 0.00315. The Morgan fingerprint density at radius 2 is 1.79 bits per heavy atom. The molecule has 0 radical (unpaired) electrons. The van der Waals surface area contributed by atoms with Crippen molar-refractivity contribution in [2.45, 2.75) is 59.2 Å². The third-order valence-corrected chi connectivity index (χ3v) is 5.97. The first-order chi connectivity index (χ1) is 15.7. The normalized spacial score (nSPS) is 14.9. The summed E-state index contributed by atoms with van der Waals surface area (Å²) in [4.78, 5) is 37.5. The molecule has 3 N–H and O–H groups in total. The lowest BCUT2D eigenvalue weighted by molar-refractivity contribution is -0.139. The van der Waals surface area contributed by atoms with Crippen molar-refractivity contribution < 1.29 is 37.0 Å². The highest BCUT2D eigenvalue weighted by molar-refractivity contribution is 7.93. The topological polar surface area (TPSA) is 154 Å². The smallest absolute Gasteiger partial charge is 0.410 e. The highest BCUT2D eigenvalue weighted by Crippen LogP contribution is 2.31. The standard InChI is InChI=1S/C22H33N3O8S/c1-6-31-18(26)13-34(29,30)24-15-11-14(2)19(17(12-15)20(23)27)32-16-7-9-25(10-8-16)21(28)33-22(3,4)5/h11-12,16,24H,6-10,13H2,1-5H3,(H2,23,27). The summed E-state index contributed by atoms with van der Waals surface area (Å²) in [6, 6.07) is 2.75. The van der Waals surface area contributed by atoms with Gasteiger partial charge < -0.3 is 24.8 Å². The number of nitrogens with two attached hydrogens (primary N) is 1. The van der Waals surface area contributed by atoms with Crippen molar-refractivity contribution in [1.29, 1.82) is 0 Å². The fourth-order valence-corrected chi connectivity index (χ4v) is 4.34. The molecule has 190 valence electrons. The molecule has 1 aromatic rings. The molecule has 0 unspecified atom stereocenters. The van der Waals surface area contributed by atoms with Crippen LogP contribution in [0.4, 0.5) is 10.5 Å². The third kappa shape index (κ3) is 8.08. The predicted molar refractivity (Wildman–Crippen MR) is 125 cm³/mol. The van der Waals surface area contributed by atoms with Gasteiger partial charge in [-0.15, -0.1) is 0 Å². The Bertz CT molecular complexity index is 1030. The van der Waals surface area contributed by atoms with E-state index in [0.717, 1.165) is 0 Å². The van der Waals surface area contributed by atoms with Gasteiger partial charge >= 0.3 is 12.1 Å². The summed E-state index contributed by atoms with van der Waals surface area (Å²) in [5, 5.41) is 0. The van der Waals surface area contributed by atoms with Crippen molar-refractivity contribution in [3.63, 3.8) is 0 Å². The Hall–Kier alpha value is -3.02. The molecule has 2 amide bonds. The van der Waals surface area contributed by atoms with Crippen LogP contribution in [0.5, 0.6) is 5.75 Å². The van der Waals surface area contributed by atoms with Crippen molar-refractivity contribution in [1.82, 2.24) is 4.90 Å². The summed E-state index contributed by atoms with van der Waals surface area (Å²) in [6.45, 7) is 9.54. The Morgan fingerprint density at radius 3 is 2.32 bits per heavy atom. The van der Waals surface area contributed by atoms with Crippen molar-refractivity contribution in [3.05, 3.63) is 23.3 Å². The Kier molecular flexibility index (Phi) is 8.76. The number of ether oxygens (including phenoxy) is 3. The molecule has 1 fully saturated rings.